The van der Waals surface area contributed by atoms with E-state index in [0.29, 0.717) is 54.1 Å². The Hall–Kier alpha value is -1.83. The summed E-state index contributed by atoms with van der Waals surface area (Å²) < 4.78 is 36.1. The van der Waals surface area contributed by atoms with Crippen molar-refractivity contribution in [2.45, 2.75) is 25.8 Å². The van der Waals surface area contributed by atoms with Gasteiger partial charge in [-0.3, -0.25) is 4.79 Å². The molecule has 148 valence electrons. The average Bonchev–Trinajstić information content (AvgIpc) is 2.60. The molecule has 10 heteroatoms. The number of nitrogens with zero attached hydrogens (tertiary/aromatic N) is 2. The van der Waals surface area contributed by atoms with Crippen molar-refractivity contribution in [2.24, 2.45) is 0 Å². The Labute approximate surface area is 167 Å². The smallest absolute Gasteiger partial charge is 0.258 e. The SMILES string of the molecule is CCOc1cc(C#N)cc(Br)c1OCC(=O)NC1CCN(S(C)(=O)=O)CC1. The normalized spacial score (nSPS) is 15.8. The van der Waals surface area contributed by atoms with E-state index in [0.717, 1.165) is 0 Å². The van der Waals surface area contributed by atoms with Crippen LogP contribution in [0.1, 0.15) is 25.3 Å². The minimum atomic E-state index is -3.19. The molecule has 8 nitrogen and oxygen atoms in total. The fourth-order valence-electron chi connectivity index (χ4n) is 2.77. The molecule has 1 saturated heterocycles. The number of piperidine rings is 1. The Morgan fingerprint density at radius 2 is 2.04 bits per heavy atom. The van der Waals surface area contributed by atoms with Crippen LogP contribution in [0.15, 0.2) is 16.6 Å². The molecule has 0 spiro atoms. The molecule has 1 N–H and O–H groups in total. The van der Waals surface area contributed by atoms with Gasteiger partial charge in [-0.25, -0.2) is 12.7 Å². The Balaban J connectivity index is 1.92. The van der Waals surface area contributed by atoms with Crippen molar-refractivity contribution in [3.8, 4) is 17.6 Å². The van der Waals surface area contributed by atoms with E-state index in [-0.39, 0.29) is 18.6 Å². The molecular formula is C17H22BrN3O5S. The van der Waals surface area contributed by atoms with Gasteiger partial charge in [0.2, 0.25) is 10.0 Å². The lowest BCUT2D eigenvalue weighted by molar-refractivity contribution is -0.124. The minimum absolute atomic E-state index is 0.0881. The molecule has 0 aliphatic carbocycles. The summed E-state index contributed by atoms with van der Waals surface area (Å²) in [7, 11) is -3.19. The highest BCUT2D eigenvalue weighted by molar-refractivity contribution is 9.10. The number of nitriles is 1. The number of sulfonamides is 1. The maximum absolute atomic E-state index is 12.2. The van der Waals surface area contributed by atoms with Crippen molar-refractivity contribution in [3.63, 3.8) is 0 Å². The lowest BCUT2D eigenvalue weighted by atomic mass is 10.1. The second-order valence-corrected chi connectivity index (χ2v) is 8.96. The fraction of sp³-hybridized carbons (Fsp3) is 0.529. The van der Waals surface area contributed by atoms with Crippen LogP contribution in [-0.2, 0) is 14.8 Å². The van der Waals surface area contributed by atoms with Crippen molar-refractivity contribution in [3.05, 3.63) is 22.2 Å². The molecule has 0 aromatic heterocycles. The molecule has 1 aliphatic rings. The summed E-state index contributed by atoms with van der Waals surface area (Å²) in [5.74, 6) is 0.446. The lowest BCUT2D eigenvalue weighted by Gasteiger charge is -2.30. The van der Waals surface area contributed by atoms with Crippen molar-refractivity contribution < 1.29 is 22.7 Å². The molecule has 0 unspecified atom stereocenters. The minimum Gasteiger partial charge on any atom is -0.490 e. The molecule has 0 saturated carbocycles. The topological polar surface area (TPSA) is 109 Å². The number of hydrogen-bond donors (Lipinski definition) is 1. The van der Waals surface area contributed by atoms with Crippen LogP contribution >= 0.6 is 15.9 Å². The standard InChI is InChI=1S/C17H22BrN3O5S/c1-3-25-15-9-12(10-19)8-14(18)17(15)26-11-16(22)20-13-4-6-21(7-5-13)27(2,23)24/h8-9,13H,3-7,11H2,1-2H3,(H,20,22). The number of amides is 1. The number of hydrogen-bond acceptors (Lipinski definition) is 6. The summed E-state index contributed by atoms with van der Waals surface area (Å²) >= 11 is 3.33. The van der Waals surface area contributed by atoms with E-state index in [4.69, 9.17) is 14.7 Å². The third kappa shape index (κ3) is 6.09. The number of carbonyl (C=O) groups excluding carboxylic acids is 1. The Morgan fingerprint density at radius 3 is 2.59 bits per heavy atom. The summed E-state index contributed by atoms with van der Waals surface area (Å²) in [6, 6.07) is 5.10. The Kier molecular flexibility index (Phi) is 7.47. The van der Waals surface area contributed by atoms with Crippen LogP contribution in [0, 0.1) is 11.3 Å². The fourth-order valence-corrected chi connectivity index (χ4v) is 4.20. The van der Waals surface area contributed by atoms with Gasteiger partial charge in [0.15, 0.2) is 18.1 Å². The van der Waals surface area contributed by atoms with Crippen molar-refractivity contribution in [1.82, 2.24) is 9.62 Å². The van der Waals surface area contributed by atoms with Gasteiger partial charge in [-0.15, -0.1) is 0 Å². The maximum Gasteiger partial charge on any atom is 0.258 e. The van der Waals surface area contributed by atoms with Crippen LogP contribution in [0.2, 0.25) is 0 Å². The van der Waals surface area contributed by atoms with E-state index >= 15 is 0 Å². The maximum atomic E-state index is 12.2. The van der Waals surface area contributed by atoms with Crippen molar-refractivity contribution in [2.75, 3.05) is 32.6 Å². The molecule has 1 fully saturated rings. The zero-order valence-electron chi connectivity index (χ0n) is 15.2. The van der Waals surface area contributed by atoms with Gasteiger partial charge < -0.3 is 14.8 Å². The molecular weight excluding hydrogens is 438 g/mol. The van der Waals surface area contributed by atoms with Crippen LogP contribution in [0.5, 0.6) is 11.5 Å². The molecule has 1 aliphatic heterocycles. The molecule has 0 radical (unpaired) electrons. The molecule has 2 rings (SSSR count). The zero-order chi connectivity index (χ0) is 20.0. The summed E-state index contributed by atoms with van der Waals surface area (Å²) in [6.07, 6.45) is 2.30. The van der Waals surface area contributed by atoms with Crippen LogP contribution < -0.4 is 14.8 Å². The molecule has 1 aromatic rings. The summed E-state index contributed by atoms with van der Waals surface area (Å²) in [5.41, 5.74) is 0.416. The molecule has 1 aromatic carbocycles. The van der Waals surface area contributed by atoms with Gasteiger partial charge in [0.25, 0.3) is 5.91 Å². The number of carbonyl (C=O) groups is 1. The van der Waals surface area contributed by atoms with Gasteiger partial charge in [-0.1, -0.05) is 0 Å². The van der Waals surface area contributed by atoms with Gasteiger partial charge in [0.1, 0.15) is 0 Å². The quantitative estimate of drug-likeness (QED) is 0.663. The van der Waals surface area contributed by atoms with Crippen molar-refractivity contribution >= 4 is 31.9 Å². The molecule has 0 atom stereocenters. The average molecular weight is 460 g/mol. The number of nitrogens with one attached hydrogen (secondary N) is 1. The summed E-state index contributed by atoms with van der Waals surface area (Å²) in [6.45, 7) is 2.77. The van der Waals surface area contributed by atoms with E-state index in [1.165, 1.54) is 10.6 Å². The number of halogens is 1. The molecule has 0 bridgehead atoms. The Bertz CT molecular complexity index is 830. The predicted molar refractivity (Wildman–Crippen MR) is 103 cm³/mol. The van der Waals surface area contributed by atoms with Gasteiger partial charge in [0, 0.05) is 25.2 Å². The Morgan fingerprint density at radius 1 is 1.37 bits per heavy atom. The first-order valence-corrected chi connectivity index (χ1v) is 11.1. The van der Waals surface area contributed by atoms with E-state index in [1.54, 1.807) is 12.1 Å². The number of benzene rings is 1. The van der Waals surface area contributed by atoms with E-state index < -0.39 is 10.0 Å². The number of ether oxygens (including phenoxy) is 2. The molecule has 1 amide bonds. The molecule has 27 heavy (non-hydrogen) atoms. The van der Waals surface area contributed by atoms with Crippen molar-refractivity contribution in [1.29, 1.82) is 5.26 Å². The van der Waals surface area contributed by atoms with Gasteiger partial charge in [0.05, 0.1) is 29.0 Å². The first kappa shape index (κ1) is 21.5. The highest BCUT2D eigenvalue weighted by Crippen LogP contribution is 2.36. The second kappa shape index (κ2) is 9.39. The lowest BCUT2D eigenvalue weighted by Crippen LogP contribution is -2.47. The third-order valence-electron chi connectivity index (χ3n) is 4.07. The number of rotatable bonds is 7. The van der Waals surface area contributed by atoms with Gasteiger partial charge in [-0.2, -0.15) is 5.26 Å². The van der Waals surface area contributed by atoms with Gasteiger partial charge >= 0.3 is 0 Å². The molecule has 1 heterocycles. The van der Waals surface area contributed by atoms with Gasteiger partial charge in [-0.05, 0) is 41.8 Å². The predicted octanol–water partition coefficient (Wildman–Crippen LogP) is 1.64. The zero-order valence-corrected chi connectivity index (χ0v) is 17.6. The highest BCUT2D eigenvalue weighted by atomic mass is 79.9. The first-order valence-electron chi connectivity index (χ1n) is 8.48. The van der Waals surface area contributed by atoms with E-state index in [9.17, 15) is 13.2 Å². The van der Waals surface area contributed by atoms with Crippen LogP contribution in [0.4, 0.5) is 0 Å². The largest absolute Gasteiger partial charge is 0.490 e. The monoisotopic (exact) mass is 459 g/mol. The van der Waals surface area contributed by atoms with E-state index in [2.05, 4.69) is 21.2 Å². The van der Waals surface area contributed by atoms with Crippen LogP contribution in [-0.4, -0.2) is 57.2 Å². The van der Waals surface area contributed by atoms with Crippen LogP contribution in [0.25, 0.3) is 0 Å². The summed E-state index contributed by atoms with van der Waals surface area (Å²) in [4.78, 5) is 12.2. The van der Waals surface area contributed by atoms with E-state index in [1.807, 2.05) is 13.0 Å². The van der Waals surface area contributed by atoms with Crippen LogP contribution in [0.3, 0.4) is 0 Å². The highest BCUT2D eigenvalue weighted by Gasteiger charge is 2.26. The second-order valence-electron chi connectivity index (χ2n) is 6.12. The third-order valence-corrected chi connectivity index (χ3v) is 5.97. The first-order chi connectivity index (χ1) is 12.7. The summed E-state index contributed by atoms with van der Waals surface area (Å²) in [5, 5.41) is 11.9.